The number of benzene rings is 2. The third-order valence-electron chi connectivity index (χ3n) is 3.16. The first-order valence-corrected chi connectivity index (χ1v) is 6.00. The van der Waals surface area contributed by atoms with E-state index < -0.39 is 0 Å². The molecule has 0 aromatic heterocycles. The number of hydrogen-bond donors (Lipinski definition) is 1. The van der Waals surface area contributed by atoms with Crippen molar-refractivity contribution in [3.05, 3.63) is 48.0 Å². The predicted molar refractivity (Wildman–Crippen MR) is 72.2 cm³/mol. The van der Waals surface area contributed by atoms with Gasteiger partial charge in [-0.2, -0.15) is 0 Å². The fraction of sp³-hybridized carbons (Fsp3) is 0.333. The molecule has 0 aliphatic carbocycles. The fourth-order valence-electron chi connectivity index (χ4n) is 2.25. The topological polar surface area (TPSA) is 21.3 Å². The highest BCUT2D eigenvalue weighted by Crippen LogP contribution is 2.25. The molecule has 90 valence electrons. The van der Waals surface area contributed by atoms with Crippen molar-refractivity contribution >= 4 is 10.8 Å². The Morgan fingerprint density at radius 3 is 2.65 bits per heavy atom. The highest BCUT2D eigenvalue weighted by Gasteiger charge is 2.11. The Balaban J connectivity index is 2.38. The van der Waals surface area contributed by atoms with E-state index >= 15 is 0 Å². The van der Waals surface area contributed by atoms with Gasteiger partial charge >= 0.3 is 0 Å². The van der Waals surface area contributed by atoms with Crippen LogP contribution in [0.1, 0.15) is 18.0 Å². The van der Waals surface area contributed by atoms with Gasteiger partial charge in [0.05, 0.1) is 0 Å². The van der Waals surface area contributed by atoms with Crippen molar-refractivity contribution in [1.82, 2.24) is 5.32 Å². The fourth-order valence-corrected chi connectivity index (χ4v) is 2.25. The van der Waals surface area contributed by atoms with Crippen LogP contribution >= 0.6 is 0 Å². The van der Waals surface area contributed by atoms with Crippen LogP contribution in [0, 0.1) is 0 Å². The van der Waals surface area contributed by atoms with Crippen LogP contribution in [-0.2, 0) is 4.74 Å². The van der Waals surface area contributed by atoms with E-state index in [1.165, 1.54) is 16.3 Å². The van der Waals surface area contributed by atoms with Gasteiger partial charge in [0.15, 0.2) is 0 Å². The van der Waals surface area contributed by atoms with Crippen molar-refractivity contribution in [1.29, 1.82) is 0 Å². The molecule has 2 rings (SSSR count). The summed E-state index contributed by atoms with van der Waals surface area (Å²) in [5.74, 6) is 0. The molecule has 0 saturated carbocycles. The molecule has 2 aromatic rings. The van der Waals surface area contributed by atoms with Gasteiger partial charge in [0, 0.05) is 19.8 Å². The molecule has 0 spiro atoms. The molecule has 2 heteroatoms. The van der Waals surface area contributed by atoms with Gasteiger partial charge in [-0.15, -0.1) is 0 Å². The monoisotopic (exact) mass is 229 g/mol. The Hall–Kier alpha value is -1.38. The van der Waals surface area contributed by atoms with Gasteiger partial charge in [0.2, 0.25) is 0 Å². The quantitative estimate of drug-likeness (QED) is 0.850. The van der Waals surface area contributed by atoms with Crippen LogP contribution in [0.5, 0.6) is 0 Å². The van der Waals surface area contributed by atoms with Crippen LogP contribution in [0.4, 0.5) is 0 Å². The zero-order valence-corrected chi connectivity index (χ0v) is 10.4. The molecule has 0 bridgehead atoms. The number of ether oxygens (including phenoxy) is 1. The normalized spacial score (nSPS) is 12.8. The summed E-state index contributed by atoms with van der Waals surface area (Å²) in [7, 11) is 3.75. The SMILES string of the molecule is CNC(CCOC)c1cccc2ccccc12. The number of nitrogens with one attached hydrogen (secondary N) is 1. The Bertz CT molecular complexity index is 476. The van der Waals surface area contributed by atoms with E-state index in [1.807, 2.05) is 7.05 Å². The van der Waals surface area contributed by atoms with E-state index in [1.54, 1.807) is 7.11 Å². The maximum Gasteiger partial charge on any atom is 0.0480 e. The van der Waals surface area contributed by atoms with Gasteiger partial charge in [-0.3, -0.25) is 0 Å². The van der Waals surface area contributed by atoms with Crippen molar-refractivity contribution in [3.63, 3.8) is 0 Å². The molecule has 17 heavy (non-hydrogen) atoms. The molecule has 0 heterocycles. The second-order valence-electron chi connectivity index (χ2n) is 4.19. The highest BCUT2D eigenvalue weighted by molar-refractivity contribution is 5.86. The molecule has 0 radical (unpaired) electrons. The van der Waals surface area contributed by atoms with Crippen LogP contribution < -0.4 is 5.32 Å². The third-order valence-corrected chi connectivity index (χ3v) is 3.16. The largest absolute Gasteiger partial charge is 0.385 e. The third kappa shape index (κ3) is 2.65. The number of rotatable bonds is 5. The van der Waals surface area contributed by atoms with Crippen LogP contribution in [0.3, 0.4) is 0 Å². The smallest absolute Gasteiger partial charge is 0.0480 e. The minimum Gasteiger partial charge on any atom is -0.385 e. The Morgan fingerprint density at radius 2 is 1.88 bits per heavy atom. The predicted octanol–water partition coefficient (Wildman–Crippen LogP) is 3.14. The summed E-state index contributed by atoms with van der Waals surface area (Å²) in [5.41, 5.74) is 1.35. The molecular formula is C15H19NO. The molecule has 0 saturated heterocycles. The van der Waals surface area contributed by atoms with Crippen molar-refractivity contribution in [3.8, 4) is 0 Å². The summed E-state index contributed by atoms with van der Waals surface area (Å²) in [6, 6.07) is 15.3. The van der Waals surface area contributed by atoms with E-state index in [2.05, 4.69) is 47.8 Å². The van der Waals surface area contributed by atoms with Gasteiger partial charge in [0.25, 0.3) is 0 Å². The van der Waals surface area contributed by atoms with Crippen LogP contribution in [-0.4, -0.2) is 20.8 Å². The molecule has 2 aromatic carbocycles. The van der Waals surface area contributed by atoms with Crippen molar-refractivity contribution < 1.29 is 4.74 Å². The molecule has 0 amide bonds. The maximum absolute atomic E-state index is 5.17. The minimum absolute atomic E-state index is 0.348. The molecule has 0 fully saturated rings. The summed E-state index contributed by atoms with van der Waals surface area (Å²) in [6.45, 7) is 0.773. The van der Waals surface area contributed by atoms with Gasteiger partial charge < -0.3 is 10.1 Å². The average molecular weight is 229 g/mol. The number of methoxy groups -OCH3 is 1. The molecular weight excluding hydrogens is 210 g/mol. The summed E-state index contributed by atoms with van der Waals surface area (Å²) in [4.78, 5) is 0. The lowest BCUT2D eigenvalue weighted by Crippen LogP contribution is -2.18. The van der Waals surface area contributed by atoms with Gasteiger partial charge in [0.1, 0.15) is 0 Å². The first-order chi connectivity index (χ1) is 8.36. The number of fused-ring (bicyclic) bond motifs is 1. The van der Waals surface area contributed by atoms with E-state index in [4.69, 9.17) is 4.74 Å². The molecule has 0 aliphatic heterocycles. The minimum atomic E-state index is 0.348. The van der Waals surface area contributed by atoms with Crippen molar-refractivity contribution in [2.24, 2.45) is 0 Å². The average Bonchev–Trinajstić information content (AvgIpc) is 2.40. The van der Waals surface area contributed by atoms with Gasteiger partial charge in [-0.25, -0.2) is 0 Å². The van der Waals surface area contributed by atoms with Gasteiger partial charge in [-0.05, 0) is 29.8 Å². The second-order valence-corrected chi connectivity index (χ2v) is 4.19. The van der Waals surface area contributed by atoms with E-state index in [0.29, 0.717) is 6.04 Å². The van der Waals surface area contributed by atoms with Crippen LogP contribution in [0.15, 0.2) is 42.5 Å². The summed E-state index contributed by atoms with van der Waals surface area (Å²) in [6.07, 6.45) is 0.987. The van der Waals surface area contributed by atoms with Crippen molar-refractivity contribution in [2.75, 3.05) is 20.8 Å². The Kier molecular flexibility index (Phi) is 4.13. The molecule has 1 unspecified atom stereocenters. The lowest BCUT2D eigenvalue weighted by Gasteiger charge is -2.18. The Labute approximate surface area is 103 Å². The van der Waals surface area contributed by atoms with Crippen molar-refractivity contribution in [2.45, 2.75) is 12.5 Å². The summed E-state index contributed by atoms with van der Waals surface area (Å²) < 4.78 is 5.17. The van der Waals surface area contributed by atoms with E-state index in [9.17, 15) is 0 Å². The lowest BCUT2D eigenvalue weighted by molar-refractivity contribution is 0.184. The lowest BCUT2D eigenvalue weighted by atomic mass is 9.97. The number of hydrogen-bond acceptors (Lipinski definition) is 2. The maximum atomic E-state index is 5.17. The van der Waals surface area contributed by atoms with Crippen LogP contribution in [0.2, 0.25) is 0 Å². The molecule has 2 nitrogen and oxygen atoms in total. The van der Waals surface area contributed by atoms with Crippen LogP contribution in [0.25, 0.3) is 10.8 Å². The van der Waals surface area contributed by atoms with Gasteiger partial charge in [-0.1, -0.05) is 42.5 Å². The molecule has 1 N–H and O–H groups in total. The molecule has 1 atom stereocenters. The summed E-state index contributed by atoms with van der Waals surface area (Å²) >= 11 is 0. The Morgan fingerprint density at radius 1 is 1.12 bits per heavy atom. The highest BCUT2D eigenvalue weighted by atomic mass is 16.5. The first-order valence-electron chi connectivity index (χ1n) is 6.00. The first kappa shape index (κ1) is 12.1. The summed E-state index contributed by atoms with van der Waals surface area (Å²) in [5, 5.41) is 5.98. The zero-order chi connectivity index (χ0) is 12.1. The second kappa shape index (κ2) is 5.80. The standard InChI is InChI=1S/C15H19NO/c1-16-15(10-11-17-2)14-9-5-7-12-6-3-4-8-13(12)14/h3-9,15-16H,10-11H2,1-2H3. The van der Waals surface area contributed by atoms with E-state index in [-0.39, 0.29) is 0 Å². The molecule has 0 aliphatic rings. The van der Waals surface area contributed by atoms with E-state index in [0.717, 1.165) is 13.0 Å². The zero-order valence-electron chi connectivity index (χ0n) is 10.4.